The lowest BCUT2D eigenvalue weighted by atomic mass is 10.3. The van der Waals surface area contributed by atoms with E-state index in [0.29, 0.717) is 12.3 Å². The molecule has 2 fully saturated rings. The molecular weight excluding hydrogens is 404 g/mol. The normalized spacial score (nSPS) is 16.9. The standard InChI is InChI=1S/C12H22N4.C5H12.C4H10.4C2H6/c1-6-14-9(4)13-11-12(14)16(8-3)10(5)15(11)7-2;1-3-5-4-2;1-3-4-2;4*1-2/h11-13H,4-8H2,1-3H3;3-5H2,1-2H3;3-4H2,1-2H3;4*1-2H3. The van der Waals surface area contributed by atoms with Crippen LogP contribution in [0.15, 0.2) is 24.8 Å². The van der Waals surface area contributed by atoms with E-state index in [1.807, 2.05) is 55.4 Å². The van der Waals surface area contributed by atoms with Crippen LogP contribution in [0.1, 0.15) is 136 Å². The van der Waals surface area contributed by atoms with Gasteiger partial charge in [-0.2, -0.15) is 0 Å². The first-order valence-electron chi connectivity index (χ1n) is 14.4. The number of rotatable bonds is 6. The highest BCUT2D eigenvalue weighted by Crippen LogP contribution is 2.34. The van der Waals surface area contributed by atoms with Crippen LogP contribution < -0.4 is 5.32 Å². The SMILES string of the molecule is C=C1NC2C(N1CC)N(CC)C(=C)N2CC.CC.CC.CC.CC.CCCC.CCCCC. The second-order valence-corrected chi connectivity index (χ2v) is 6.58. The topological polar surface area (TPSA) is 21.8 Å². The molecule has 204 valence electrons. The highest BCUT2D eigenvalue weighted by atomic mass is 15.6. The molecule has 0 aromatic heterocycles. The third-order valence-electron chi connectivity index (χ3n) is 4.81. The largest absolute Gasteiger partial charge is 0.349 e. The number of unbranched alkanes of at least 4 members (excludes halogenated alkanes) is 3. The van der Waals surface area contributed by atoms with Crippen LogP contribution in [0.25, 0.3) is 0 Å². The van der Waals surface area contributed by atoms with E-state index in [1.165, 1.54) is 32.1 Å². The van der Waals surface area contributed by atoms with Gasteiger partial charge in [-0.3, -0.25) is 0 Å². The van der Waals surface area contributed by atoms with Crippen LogP contribution in [0.3, 0.4) is 0 Å². The summed E-state index contributed by atoms with van der Waals surface area (Å²) in [4.78, 5) is 6.98. The summed E-state index contributed by atoms with van der Waals surface area (Å²) in [6.45, 7) is 42.5. The molecule has 2 aliphatic rings. The van der Waals surface area contributed by atoms with Gasteiger partial charge in [0.05, 0.1) is 11.6 Å². The second kappa shape index (κ2) is 32.9. The van der Waals surface area contributed by atoms with Gasteiger partial charge in [0.1, 0.15) is 12.3 Å². The minimum absolute atomic E-state index is 0.310. The first-order chi connectivity index (χ1) is 16.0. The smallest absolute Gasteiger partial charge is 0.144 e. The number of likely N-dealkylation sites (N-methyl/N-ethyl adjacent to an activating group) is 3. The van der Waals surface area contributed by atoms with Gasteiger partial charge in [-0.15, -0.1) is 0 Å². The van der Waals surface area contributed by atoms with Crippen molar-refractivity contribution in [3.05, 3.63) is 24.8 Å². The zero-order valence-electron chi connectivity index (χ0n) is 26.1. The monoisotopic (exact) mass is 473 g/mol. The maximum Gasteiger partial charge on any atom is 0.144 e. The van der Waals surface area contributed by atoms with Gasteiger partial charge in [0, 0.05) is 19.6 Å². The molecule has 0 saturated carbocycles. The van der Waals surface area contributed by atoms with Crippen molar-refractivity contribution in [3.63, 3.8) is 0 Å². The molecule has 0 aliphatic carbocycles. The third kappa shape index (κ3) is 16.0. The lowest BCUT2D eigenvalue weighted by Gasteiger charge is -2.31. The van der Waals surface area contributed by atoms with E-state index >= 15 is 0 Å². The summed E-state index contributed by atoms with van der Waals surface area (Å²) < 4.78 is 0. The number of nitrogens with one attached hydrogen (secondary N) is 1. The van der Waals surface area contributed by atoms with Crippen molar-refractivity contribution in [2.75, 3.05) is 19.6 Å². The maximum atomic E-state index is 4.19. The van der Waals surface area contributed by atoms with Gasteiger partial charge in [-0.1, -0.05) is 128 Å². The zero-order chi connectivity index (χ0) is 27.4. The molecule has 0 aromatic rings. The Morgan fingerprint density at radius 2 is 0.939 bits per heavy atom. The van der Waals surface area contributed by atoms with E-state index in [4.69, 9.17) is 0 Å². The van der Waals surface area contributed by atoms with Gasteiger partial charge in [0.15, 0.2) is 0 Å². The number of fused-ring (bicyclic) bond motifs is 1. The predicted molar refractivity (Wildman–Crippen MR) is 157 cm³/mol. The minimum atomic E-state index is 0.310. The van der Waals surface area contributed by atoms with E-state index in [0.717, 1.165) is 31.3 Å². The summed E-state index contributed by atoms with van der Waals surface area (Å²) in [5.74, 6) is 2.15. The van der Waals surface area contributed by atoms with Crippen molar-refractivity contribution in [1.29, 1.82) is 0 Å². The van der Waals surface area contributed by atoms with E-state index in [1.54, 1.807) is 0 Å². The summed E-state index contributed by atoms with van der Waals surface area (Å²) in [7, 11) is 0. The summed E-state index contributed by atoms with van der Waals surface area (Å²) in [6, 6.07) is 0. The molecule has 2 aliphatic heterocycles. The van der Waals surface area contributed by atoms with Crippen LogP contribution in [-0.4, -0.2) is 46.7 Å². The van der Waals surface area contributed by atoms with Crippen LogP contribution in [0, 0.1) is 0 Å². The van der Waals surface area contributed by atoms with Gasteiger partial charge in [-0.05, 0) is 20.8 Å². The molecule has 0 aromatic carbocycles. The van der Waals surface area contributed by atoms with Crippen LogP contribution in [0.5, 0.6) is 0 Å². The lowest BCUT2D eigenvalue weighted by Crippen LogP contribution is -2.44. The Hall–Kier alpha value is -1.32. The first kappa shape index (κ1) is 41.9. The van der Waals surface area contributed by atoms with Crippen molar-refractivity contribution in [2.45, 2.75) is 148 Å². The molecule has 2 rings (SSSR count). The molecule has 2 saturated heterocycles. The Morgan fingerprint density at radius 3 is 1.18 bits per heavy atom. The van der Waals surface area contributed by atoms with E-state index < -0.39 is 0 Å². The molecule has 4 nitrogen and oxygen atoms in total. The Labute approximate surface area is 212 Å². The quantitative estimate of drug-likeness (QED) is 0.415. The van der Waals surface area contributed by atoms with Crippen LogP contribution >= 0.6 is 0 Å². The summed E-state index contributed by atoms with van der Waals surface area (Å²) in [6.07, 6.45) is 7.38. The Bertz CT molecular complexity index is 376. The van der Waals surface area contributed by atoms with E-state index in [9.17, 15) is 0 Å². The summed E-state index contributed by atoms with van der Waals surface area (Å²) in [5.41, 5.74) is 0. The number of hydrogen-bond donors (Lipinski definition) is 1. The lowest BCUT2D eigenvalue weighted by molar-refractivity contribution is 0.151. The van der Waals surface area contributed by atoms with Crippen molar-refractivity contribution in [1.82, 2.24) is 20.0 Å². The Morgan fingerprint density at radius 1 is 0.576 bits per heavy atom. The third-order valence-corrected chi connectivity index (χ3v) is 4.81. The van der Waals surface area contributed by atoms with Crippen LogP contribution in [0.4, 0.5) is 0 Å². The van der Waals surface area contributed by atoms with Gasteiger partial charge in [0.2, 0.25) is 0 Å². The fourth-order valence-corrected chi connectivity index (χ4v) is 3.19. The predicted octanol–water partition coefficient (Wildman–Crippen LogP) is 9.27. The first-order valence-corrected chi connectivity index (χ1v) is 14.4. The molecule has 0 spiro atoms. The molecule has 0 radical (unpaired) electrons. The van der Waals surface area contributed by atoms with Crippen molar-refractivity contribution < 1.29 is 0 Å². The van der Waals surface area contributed by atoms with Crippen molar-refractivity contribution in [2.24, 2.45) is 0 Å². The fraction of sp³-hybridized carbons (Fsp3) is 0.862. The van der Waals surface area contributed by atoms with Crippen LogP contribution in [0.2, 0.25) is 0 Å². The van der Waals surface area contributed by atoms with Gasteiger partial charge in [-0.25, -0.2) is 0 Å². The number of hydrogen-bond acceptors (Lipinski definition) is 4. The molecule has 0 amide bonds. The molecule has 2 atom stereocenters. The van der Waals surface area contributed by atoms with Gasteiger partial charge in [0.25, 0.3) is 0 Å². The van der Waals surface area contributed by atoms with E-state index in [-0.39, 0.29) is 0 Å². The van der Waals surface area contributed by atoms with Crippen molar-refractivity contribution in [3.8, 4) is 0 Å². The van der Waals surface area contributed by atoms with Crippen molar-refractivity contribution >= 4 is 0 Å². The molecular formula is C29H68N4. The summed E-state index contributed by atoms with van der Waals surface area (Å²) in [5, 5.41) is 3.47. The summed E-state index contributed by atoms with van der Waals surface area (Å²) >= 11 is 0. The van der Waals surface area contributed by atoms with Gasteiger partial charge >= 0.3 is 0 Å². The van der Waals surface area contributed by atoms with Gasteiger partial charge < -0.3 is 20.0 Å². The molecule has 2 unspecified atom stereocenters. The molecule has 1 N–H and O–H groups in total. The van der Waals surface area contributed by atoms with Crippen LogP contribution in [-0.2, 0) is 0 Å². The zero-order valence-corrected chi connectivity index (χ0v) is 26.1. The fourth-order valence-electron chi connectivity index (χ4n) is 3.19. The molecule has 4 heteroatoms. The average molecular weight is 473 g/mol. The number of nitrogens with zero attached hydrogens (tertiary/aromatic N) is 3. The molecule has 0 bridgehead atoms. The minimum Gasteiger partial charge on any atom is -0.349 e. The Kier molecular flexibility index (Phi) is 41.7. The molecule has 2 heterocycles. The highest BCUT2D eigenvalue weighted by molar-refractivity contribution is 5.18. The van der Waals surface area contributed by atoms with E-state index in [2.05, 4.69) is 81.6 Å². The average Bonchev–Trinajstić information content (AvgIpc) is 3.34. The highest BCUT2D eigenvalue weighted by Gasteiger charge is 2.48. The Balaban J connectivity index is -0.000000128. The molecule has 33 heavy (non-hydrogen) atoms. The maximum absolute atomic E-state index is 4.19. The second-order valence-electron chi connectivity index (χ2n) is 6.58.